The number of methoxy groups -OCH3 is 1. The summed E-state index contributed by atoms with van der Waals surface area (Å²) in [5.41, 5.74) is 11.7. The van der Waals surface area contributed by atoms with Gasteiger partial charge >= 0.3 is 5.97 Å². The summed E-state index contributed by atoms with van der Waals surface area (Å²) >= 11 is 0. The van der Waals surface area contributed by atoms with Crippen molar-refractivity contribution < 1.29 is 28.7 Å². The Morgan fingerprint density at radius 2 is 1.86 bits per heavy atom. The lowest BCUT2D eigenvalue weighted by Gasteiger charge is -2.37. The van der Waals surface area contributed by atoms with E-state index in [0.717, 1.165) is 76.1 Å². The Morgan fingerprint density at radius 1 is 1.08 bits per heavy atom. The van der Waals surface area contributed by atoms with Crippen LogP contribution in [0, 0.1) is 17.3 Å². The molecule has 5 atom stereocenters. The van der Waals surface area contributed by atoms with Crippen LogP contribution >= 0.6 is 0 Å². The third-order valence-electron chi connectivity index (χ3n) is 14.8. The first-order valence-corrected chi connectivity index (χ1v) is 25.7. The van der Waals surface area contributed by atoms with E-state index in [4.69, 9.17) is 14.5 Å². The van der Waals surface area contributed by atoms with Gasteiger partial charge in [0.2, 0.25) is 11.8 Å². The topological polar surface area (TPSA) is 141 Å². The van der Waals surface area contributed by atoms with Crippen LogP contribution < -0.4 is 10.7 Å². The van der Waals surface area contributed by atoms with Crippen molar-refractivity contribution in [3.8, 4) is 11.1 Å². The molecule has 0 radical (unpaired) electrons. The fraction of sp³-hybridized carbons (Fsp3) is 0.526. The standard InChI is InChI=1S/C57H78N8O6/c1-12-52(66)63-27-21-41(35-63)34-62(10)53(37(3)4)54(67)59-49-29-40-16-14-17-43(28-40)44-19-20-50-45(30-44)46(32-57(7,8)36-71-56(69)47-18-15-24-65(60-47)55(49)68)51(64(50)13-2)31-48(39(6)70-11)58-33-38(5)42-22-25-61(9)26-23-42/h12,14,16-17,19-20,22,28,30-31,33,37,39,41,47,49,53,60H,1,5,13,15,18,21,23-27,29,32,34-36H2,2-4,6-11H3,(H,59,67)/b48-31+,58-33-/t39-,41?,47-,49-,53-/m0/s1. The first kappa shape index (κ1) is 53.1. The number of cyclic esters (lactones) is 1. The Bertz CT molecular complexity index is 2570. The van der Waals surface area contributed by atoms with E-state index >= 15 is 0 Å². The molecule has 2 fully saturated rings. The van der Waals surface area contributed by atoms with Crippen LogP contribution in [0.1, 0.15) is 84.0 Å². The number of carbonyl (C=O) groups is 4. The fourth-order valence-corrected chi connectivity index (χ4v) is 10.7. The van der Waals surface area contributed by atoms with Crippen molar-refractivity contribution in [1.82, 2.24) is 35.0 Å². The third-order valence-corrected chi connectivity index (χ3v) is 14.8. The molecule has 2 N–H and O–H groups in total. The van der Waals surface area contributed by atoms with Crippen LogP contribution in [0.3, 0.4) is 0 Å². The monoisotopic (exact) mass is 971 g/mol. The zero-order valence-corrected chi connectivity index (χ0v) is 43.8. The lowest BCUT2D eigenvalue weighted by molar-refractivity contribution is -0.155. The molecule has 4 aliphatic rings. The van der Waals surface area contributed by atoms with Gasteiger partial charge in [-0.3, -0.25) is 34.1 Å². The second kappa shape index (κ2) is 23.3. The maximum absolute atomic E-state index is 14.8. The molecule has 1 aromatic heterocycles. The Labute approximate surface area is 421 Å². The lowest BCUT2D eigenvalue weighted by Crippen LogP contribution is -2.62. The predicted octanol–water partition coefficient (Wildman–Crippen LogP) is 7.23. The average molecular weight is 971 g/mol. The largest absolute Gasteiger partial charge is 0.464 e. The zero-order valence-electron chi connectivity index (χ0n) is 43.8. The van der Waals surface area contributed by atoms with Gasteiger partial charge in [-0.2, -0.15) is 0 Å². The van der Waals surface area contributed by atoms with E-state index < -0.39 is 29.5 Å². The second-order valence-electron chi connectivity index (χ2n) is 21.3. The number of carbonyl (C=O) groups excluding carboxylic acids is 4. The van der Waals surface area contributed by atoms with Gasteiger partial charge < -0.3 is 29.2 Å². The van der Waals surface area contributed by atoms with E-state index in [1.807, 2.05) is 46.2 Å². The van der Waals surface area contributed by atoms with E-state index in [-0.39, 0.29) is 48.7 Å². The molecular weight excluding hydrogens is 893 g/mol. The molecule has 3 amide bonds. The first-order chi connectivity index (χ1) is 33.9. The normalized spacial score (nSPS) is 22.4. The van der Waals surface area contributed by atoms with Crippen LogP contribution in [-0.4, -0.2) is 145 Å². The van der Waals surface area contributed by atoms with Gasteiger partial charge in [0.05, 0.1) is 24.4 Å². The van der Waals surface area contributed by atoms with Gasteiger partial charge in [0.1, 0.15) is 12.1 Å². The summed E-state index contributed by atoms with van der Waals surface area (Å²) in [6, 6.07) is 12.6. The Hall–Kier alpha value is -5.67. The lowest BCUT2D eigenvalue weighted by atomic mass is 9.85. The third kappa shape index (κ3) is 12.7. The van der Waals surface area contributed by atoms with Crippen LogP contribution in [0.2, 0.25) is 0 Å². The highest BCUT2D eigenvalue weighted by Gasteiger charge is 2.38. The number of allylic oxidation sites excluding steroid dienone is 1. The molecule has 7 rings (SSSR count). The van der Waals surface area contributed by atoms with Crippen molar-refractivity contribution in [3.05, 3.63) is 101 Å². The van der Waals surface area contributed by atoms with Gasteiger partial charge in [0.15, 0.2) is 0 Å². The van der Waals surface area contributed by atoms with Gasteiger partial charge in [0, 0.05) is 87.6 Å². The SMILES string of the molecule is C=CC(=O)N1CCC(CN(C)[C@H](C(=O)N[C@H]2Cc3cccc(c3)-c3ccc4c(c3)c(c(/C=C(/N=C\C(=C)C3=CCN(C)CC3)[C@H](C)OC)n4CC)CC(C)(C)COC(=O)[C@@H]3CCCN(N3)C2=O)C(C)C)C1. The molecule has 14 nitrogen and oxygen atoms in total. The second-order valence-corrected chi connectivity index (χ2v) is 21.3. The number of aliphatic imine (C=N–C) groups is 1. The van der Waals surface area contributed by atoms with Crippen molar-refractivity contribution >= 4 is 46.9 Å². The molecule has 5 heterocycles. The van der Waals surface area contributed by atoms with Crippen LogP contribution in [0.15, 0.2) is 89.6 Å². The molecule has 1 unspecified atom stereocenters. The molecule has 6 bridgehead atoms. The minimum atomic E-state index is -0.939. The van der Waals surface area contributed by atoms with Crippen molar-refractivity contribution in [2.24, 2.45) is 22.2 Å². The highest BCUT2D eigenvalue weighted by atomic mass is 16.5. The molecular formula is C57H78N8O6. The maximum atomic E-state index is 14.8. The summed E-state index contributed by atoms with van der Waals surface area (Å²) in [6.45, 7) is 25.4. The number of aromatic nitrogens is 1. The molecule has 3 aromatic rings. The fourth-order valence-electron chi connectivity index (χ4n) is 10.7. The predicted molar refractivity (Wildman–Crippen MR) is 283 cm³/mol. The number of likely N-dealkylation sites (N-methyl/N-ethyl adjacent to an activating group) is 2. The van der Waals surface area contributed by atoms with Crippen LogP contribution in [0.5, 0.6) is 0 Å². The summed E-state index contributed by atoms with van der Waals surface area (Å²) in [6.07, 6.45) is 10.9. The van der Waals surface area contributed by atoms with Gasteiger partial charge in [-0.1, -0.05) is 77.3 Å². The Morgan fingerprint density at radius 3 is 2.56 bits per heavy atom. The number of nitrogens with one attached hydrogen (secondary N) is 2. The van der Waals surface area contributed by atoms with E-state index in [0.29, 0.717) is 52.0 Å². The van der Waals surface area contributed by atoms with E-state index in [9.17, 15) is 19.2 Å². The number of esters is 1. The number of likely N-dealkylation sites (tertiary alicyclic amines) is 1. The number of hydrogen-bond acceptors (Lipinski definition) is 10. The van der Waals surface area contributed by atoms with Crippen molar-refractivity contribution in [1.29, 1.82) is 0 Å². The number of benzene rings is 2. The van der Waals surface area contributed by atoms with Gasteiger partial charge in [-0.25, -0.2) is 5.43 Å². The summed E-state index contributed by atoms with van der Waals surface area (Å²) in [5.74, 6) is -0.939. The molecule has 2 aromatic carbocycles. The maximum Gasteiger partial charge on any atom is 0.324 e. The molecule has 382 valence electrons. The number of fused-ring (bicyclic) bond motifs is 6. The van der Waals surface area contributed by atoms with E-state index in [1.54, 1.807) is 12.0 Å². The van der Waals surface area contributed by atoms with Crippen molar-refractivity contribution in [2.75, 3.05) is 67.1 Å². The minimum absolute atomic E-state index is 0.0746. The Kier molecular flexibility index (Phi) is 17.4. The minimum Gasteiger partial charge on any atom is -0.464 e. The first-order valence-electron chi connectivity index (χ1n) is 25.7. The number of hydrogen-bond donors (Lipinski definition) is 2. The van der Waals surface area contributed by atoms with Crippen LogP contribution in [0.25, 0.3) is 28.1 Å². The summed E-state index contributed by atoms with van der Waals surface area (Å²) in [4.78, 5) is 66.9. The highest BCUT2D eigenvalue weighted by Crippen LogP contribution is 2.37. The quantitative estimate of drug-likeness (QED) is 0.0973. The summed E-state index contributed by atoms with van der Waals surface area (Å²) < 4.78 is 14.4. The smallest absolute Gasteiger partial charge is 0.324 e. The van der Waals surface area contributed by atoms with E-state index in [1.165, 1.54) is 16.7 Å². The summed E-state index contributed by atoms with van der Waals surface area (Å²) in [7, 11) is 5.76. The molecule has 2 saturated heterocycles. The number of aryl methyl sites for hydroxylation is 1. The average Bonchev–Trinajstić information content (AvgIpc) is 3.94. The van der Waals surface area contributed by atoms with Crippen LogP contribution in [-0.2, 0) is 48.0 Å². The summed E-state index contributed by atoms with van der Waals surface area (Å²) in [5, 5.41) is 5.79. The molecule has 0 aliphatic carbocycles. The van der Waals surface area contributed by atoms with Gasteiger partial charge in [0.25, 0.3) is 5.91 Å². The van der Waals surface area contributed by atoms with E-state index in [2.05, 4.69) is 109 Å². The number of hydrazine groups is 1. The molecule has 14 heteroatoms. The van der Waals surface area contributed by atoms with Gasteiger partial charge in [-0.05, 0) is 130 Å². The number of rotatable bonds is 14. The highest BCUT2D eigenvalue weighted by molar-refractivity contribution is 5.93. The van der Waals surface area contributed by atoms with Crippen LogP contribution in [0.4, 0.5) is 0 Å². The van der Waals surface area contributed by atoms with Crippen molar-refractivity contribution in [3.63, 3.8) is 0 Å². The molecule has 4 aliphatic heterocycles. The van der Waals surface area contributed by atoms with Crippen molar-refractivity contribution in [2.45, 2.75) is 111 Å². The van der Waals surface area contributed by atoms with Gasteiger partial charge in [-0.15, -0.1) is 0 Å². The molecule has 71 heavy (non-hydrogen) atoms. The molecule has 0 saturated carbocycles. The zero-order chi connectivity index (χ0) is 51.1. The number of ether oxygens (including phenoxy) is 2. The number of nitrogens with zero attached hydrogens (tertiary/aromatic N) is 6. The molecule has 0 spiro atoms. The number of amides is 3. The Balaban J connectivity index is 1.27.